The Morgan fingerprint density at radius 2 is 1.61 bits per heavy atom. The number of hydrogen-bond acceptors (Lipinski definition) is 2. The van der Waals surface area contributed by atoms with Crippen molar-refractivity contribution in [2.45, 2.75) is 25.2 Å². The molecule has 0 bridgehead atoms. The maximum atomic E-state index is 9.55. The predicted molar refractivity (Wildman–Crippen MR) is 71.0 cm³/mol. The fourth-order valence-corrected chi connectivity index (χ4v) is 2.85. The van der Waals surface area contributed by atoms with Crippen LogP contribution < -0.4 is 0 Å². The van der Waals surface area contributed by atoms with Crippen molar-refractivity contribution >= 4 is 0 Å². The normalized spacial score (nSPS) is 18.3. The van der Waals surface area contributed by atoms with E-state index in [-0.39, 0.29) is 0 Å². The Balaban J connectivity index is 2.03. The van der Waals surface area contributed by atoms with Crippen molar-refractivity contribution in [1.82, 2.24) is 0 Å². The summed E-state index contributed by atoms with van der Waals surface area (Å²) in [6.07, 6.45) is 3.31. The summed E-state index contributed by atoms with van der Waals surface area (Å²) >= 11 is 0. The molecule has 2 aromatic rings. The third kappa shape index (κ3) is 1.94. The maximum Gasteiger partial charge on any atom is 0.115 e. The number of phenols is 2. The van der Waals surface area contributed by atoms with Gasteiger partial charge in [0.05, 0.1) is 0 Å². The summed E-state index contributed by atoms with van der Waals surface area (Å²) in [6.45, 7) is 0. The highest BCUT2D eigenvalue weighted by molar-refractivity contribution is 5.44. The van der Waals surface area contributed by atoms with E-state index in [1.165, 1.54) is 16.7 Å². The molecule has 0 radical (unpaired) electrons. The number of phenolic OH excluding ortho intramolecular Hbond substituents is 2. The van der Waals surface area contributed by atoms with Gasteiger partial charge in [0.15, 0.2) is 0 Å². The van der Waals surface area contributed by atoms with Gasteiger partial charge in [-0.2, -0.15) is 0 Å². The van der Waals surface area contributed by atoms with Crippen molar-refractivity contribution in [3.63, 3.8) is 0 Å². The Kier molecular flexibility index (Phi) is 2.71. The van der Waals surface area contributed by atoms with Crippen molar-refractivity contribution in [2.75, 3.05) is 0 Å². The van der Waals surface area contributed by atoms with E-state index in [9.17, 15) is 10.2 Å². The van der Waals surface area contributed by atoms with Crippen molar-refractivity contribution in [3.05, 3.63) is 59.2 Å². The van der Waals surface area contributed by atoms with Gasteiger partial charge in [-0.25, -0.2) is 0 Å². The van der Waals surface area contributed by atoms with Crippen molar-refractivity contribution in [3.8, 4) is 11.5 Å². The molecule has 1 aliphatic rings. The highest BCUT2D eigenvalue weighted by Gasteiger charge is 2.21. The Bertz CT molecular complexity index is 558. The van der Waals surface area contributed by atoms with E-state index < -0.39 is 0 Å². The average Bonchev–Trinajstić information content (AvgIpc) is 2.38. The lowest BCUT2D eigenvalue weighted by atomic mass is 9.79. The monoisotopic (exact) mass is 240 g/mol. The zero-order chi connectivity index (χ0) is 12.5. The van der Waals surface area contributed by atoms with E-state index in [2.05, 4.69) is 0 Å². The smallest absolute Gasteiger partial charge is 0.115 e. The molecule has 1 unspecified atom stereocenters. The largest absolute Gasteiger partial charge is 0.508 e. The molecule has 0 spiro atoms. The minimum Gasteiger partial charge on any atom is -0.508 e. The second kappa shape index (κ2) is 4.37. The number of benzene rings is 2. The van der Waals surface area contributed by atoms with Gasteiger partial charge >= 0.3 is 0 Å². The van der Waals surface area contributed by atoms with Crippen LogP contribution in [0.4, 0.5) is 0 Å². The number of aryl methyl sites for hydroxylation is 1. The molecule has 2 heteroatoms. The second-order valence-electron chi connectivity index (χ2n) is 4.92. The summed E-state index contributed by atoms with van der Waals surface area (Å²) in [5.74, 6) is 1.04. The van der Waals surface area contributed by atoms with E-state index >= 15 is 0 Å². The third-order valence-corrected chi connectivity index (χ3v) is 3.74. The van der Waals surface area contributed by atoms with Crippen LogP contribution in [0.5, 0.6) is 11.5 Å². The molecule has 2 nitrogen and oxygen atoms in total. The first-order valence-corrected chi connectivity index (χ1v) is 6.35. The van der Waals surface area contributed by atoms with Crippen LogP contribution in [-0.2, 0) is 6.42 Å². The molecule has 0 aromatic heterocycles. The van der Waals surface area contributed by atoms with Crippen LogP contribution in [0.25, 0.3) is 0 Å². The highest BCUT2D eigenvalue weighted by atomic mass is 16.3. The van der Waals surface area contributed by atoms with Gasteiger partial charge in [-0.1, -0.05) is 18.2 Å². The second-order valence-corrected chi connectivity index (χ2v) is 4.92. The lowest BCUT2D eigenvalue weighted by Crippen LogP contribution is -2.10. The summed E-state index contributed by atoms with van der Waals surface area (Å²) in [7, 11) is 0. The molecule has 2 N–H and O–H groups in total. The summed E-state index contributed by atoms with van der Waals surface area (Å²) in [6, 6.07) is 13.1. The number of rotatable bonds is 1. The van der Waals surface area contributed by atoms with Crippen molar-refractivity contribution < 1.29 is 10.2 Å². The molecule has 0 aliphatic heterocycles. The number of aromatic hydroxyl groups is 2. The molecule has 0 heterocycles. The van der Waals surface area contributed by atoms with Gasteiger partial charge in [-0.05, 0) is 60.2 Å². The van der Waals surface area contributed by atoms with Crippen LogP contribution in [0.3, 0.4) is 0 Å². The molecule has 1 aliphatic carbocycles. The zero-order valence-corrected chi connectivity index (χ0v) is 10.1. The molecule has 0 saturated heterocycles. The molecule has 2 aromatic carbocycles. The first-order valence-electron chi connectivity index (χ1n) is 6.35. The molecule has 0 saturated carbocycles. The van der Waals surface area contributed by atoms with Crippen molar-refractivity contribution in [1.29, 1.82) is 0 Å². The van der Waals surface area contributed by atoms with Gasteiger partial charge in [0.1, 0.15) is 11.5 Å². The molecule has 18 heavy (non-hydrogen) atoms. The van der Waals surface area contributed by atoms with Gasteiger partial charge in [-0.3, -0.25) is 0 Å². The van der Waals surface area contributed by atoms with Crippen LogP contribution in [-0.4, -0.2) is 10.2 Å². The van der Waals surface area contributed by atoms with E-state index in [0.717, 1.165) is 19.3 Å². The minimum absolute atomic E-state index is 0.306. The molecule has 0 fully saturated rings. The molecular formula is C16H16O2. The first-order chi connectivity index (χ1) is 8.74. The summed E-state index contributed by atoms with van der Waals surface area (Å²) in [5, 5.41) is 18.9. The zero-order valence-electron chi connectivity index (χ0n) is 10.1. The highest BCUT2D eigenvalue weighted by Crippen LogP contribution is 2.38. The van der Waals surface area contributed by atoms with Gasteiger partial charge in [0, 0.05) is 5.92 Å². The fourth-order valence-electron chi connectivity index (χ4n) is 2.85. The first kappa shape index (κ1) is 11.1. The average molecular weight is 240 g/mol. The SMILES string of the molecule is Oc1ccc(C2CCCc3cc(O)ccc32)cc1. The number of fused-ring (bicyclic) bond motifs is 1. The van der Waals surface area contributed by atoms with E-state index in [1.807, 2.05) is 24.3 Å². The Labute approximate surface area is 107 Å². The van der Waals surface area contributed by atoms with Gasteiger partial charge in [0.25, 0.3) is 0 Å². The quantitative estimate of drug-likeness (QED) is 0.800. The van der Waals surface area contributed by atoms with Crippen LogP contribution in [0, 0.1) is 0 Å². The maximum absolute atomic E-state index is 9.55. The minimum atomic E-state index is 0.306. The third-order valence-electron chi connectivity index (χ3n) is 3.74. The van der Waals surface area contributed by atoms with Crippen molar-refractivity contribution in [2.24, 2.45) is 0 Å². The number of hydrogen-bond donors (Lipinski definition) is 2. The topological polar surface area (TPSA) is 40.5 Å². The van der Waals surface area contributed by atoms with Crippen LogP contribution in [0.1, 0.15) is 35.4 Å². The Morgan fingerprint density at radius 1 is 0.889 bits per heavy atom. The lowest BCUT2D eigenvalue weighted by Gasteiger charge is -2.26. The van der Waals surface area contributed by atoms with Crippen LogP contribution >= 0.6 is 0 Å². The molecule has 0 amide bonds. The summed E-state index contributed by atoms with van der Waals surface area (Å²) < 4.78 is 0. The standard InChI is InChI=1S/C16H16O2/c17-13-6-4-11(5-7-13)15-3-1-2-12-10-14(18)8-9-16(12)15/h4-10,15,17-18H,1-3H2. The van der Waals surface area contributed by atoms with E-state index in [0.29, 0.717) is 17.4 Å². The predicted octanol–water partition coefficient (Wildman–Crippen LogP) is 3.57. The Hall–Kier alpha value is -1.96. The van der Waals surface area contributed by atoms with Gasteiger partial charge in [0.2, 0.25) is 0 Å². The fraction of sp³-hybridized carbons (Fsp3) is 0.250. The molecular weight excluding hydrogens is 224 g/mol. The molecule has 92 valence electrons. The molecule has 3 rings (SSSR count). The lowest BCUT2D eigenvalue weighted by molar-refractivity contribution is 0.472. The van der Waals surface area contributed by atoms with Crippen LogP contribution in [0.15, 0.2) is 42.5 Å². The van der Waals surface area contributed by atoms with E-state index in [1.54, 1.807) is 18.2 Å². The van der Waals surface area contributed by atoms with Gasteiger partial charge < -0.3 is 10.2 Å². The molecule has 1 atom stereocenters. The van der Waals surface area contributed by atoms with Gasteiger partial charge in [-0.15, -0.1) is 0 Å². The Morgan fingerprint density at radius 3 is 2.39 bits per heavy atom. The summed E-state index contributed by atoms with van der Waals surface area (Å²) in [5.41, 5.74) is 3.79. The van der Waals surface area contributed by atoms with Crippen LogP contribution in [0.2, 0.25) is 0 Å². The summed E-state index contributed by atoms with van der Waals surface area (Å²) in [4.78, 5) is 0. The van der Waals surface area contributed by atoms with E-state index in [4.69, 9.17) is 0 Å².